The molecule has 6 nitrogen and oxygen atoms in total. The van der Waals surface area contributed by atoms with Gasteiger partial charge >= 0.3 is 6.03 Å². The van der Waals surface area contributed by atoms with Gasteiger partial charge in [-0.05, 0) is 30.0 Å². The van der Waals surface area contributed by atoms with Crippen molar-refractivity contribution in [1.29, 1.82) is 0 Å². The standard InChI is InChI=1S/C14H22N4O2.ClH/c1-9(2)7-12(15)13(19)18-11-5-3-10(4-6-11)8-17-14(16)20;/h3-6,9,12H,7-8,15H2,1-2H3,(H,18,19)(H3,16,17,20);1H/t12-;/m0./s1. The van der Waals surface area contributed by atoms with Gasteiger partial charge in [0.1, 0.15) is 0 Å². The fraction of sp³-hybridized carbons (Fsp3) is 0.429. The molecular formula is C14H23ClN4O2. The quantitative estimate of drug-likeness (QED) is 0.640. The molecule has 7 heteroatoms. The predicted octanol–water partition coefficient (Wildman–Crippen LogP) is 1.59. The first-order chi connectivity index (χ1) is 9.38. The van der Waals surface area contributed by atoms with Crippen molar-refractivity contribution in [3.63, 3.8) is 0 Å². The van der Waals surface area contributed by atoms with Crippen molar-refractivity contribution in [2.24, 2.45) is 17.4 Å². The molecule has 0 saturated carbocycles. The first kappa shape index (κ1) is 19.2. The summed E-state index contributed by atoms with van der Waals surface area (Å²) in [6.07, 6.45) is 0.645. The molecule has 0 saturated heterocycles. The van der Waals surface area contributed by atoms with Crippen molar-refractivity contribution in [3.8, 4) is 0 Å². The number of carbonyl (C=O) groups excluding carboxylic acids is 2. The lowest BCUT2D eigenvalue weighted by atomic mass is 10.0. The molecule has 6 N–H and O–H groups in total. The Morgan fingerprint density at radius 3 is 2.24 bits per heavy atom. The van der Waals surface area contributed by atoms with Crippen molar-refractivity contribution in [2.75, 3.05) is 5.32 Å². The topological polar surface area (TPSA) is 110 Å². The lowest BCUT2D eigenvalue weighted by molar-refractivity contribution is -0.117. The number of benzene rings is 1. The van der Waals surface area contributed by atoms with Gasteiger partial charge in [-0.2, -0.15) is 0 Å². The summed E-state index contributed by atoms with van der Waals surface area (Å²) in [7, 11) is 0. The summed E-state index contributed by atoms with van der Waals surface area (Å²) in [6, 6.07) is 6.06. The lowest BCUT2D eigenvalue weighted by Gasteiger charge is -2.14. The highest BCUT2D eigenvalue weighted by Gasteiger charge is 2.14. The molecule has 0 aromatic heterocycles. The number of rotatable bonds is 6. The third-order valence-electron chi connectivity index (χ3n) is 2.75. The summed E-state index contributed by atoms with van der Waals surface area (Å²) in [4.78, 5) is 22.4. The van der Waals surface area contributed by atoms with Gasteiger partial charge in [0.25, 0.3) is 0 Å². The van der Waals surface area contributed by atoms with Gasteiger partial charge in [0.15, 0.2) is 0 Å². The number of carbonyl (C=O) groups is 2. The first-order valence-electron chi connectivity index (χ1n) is 6.57. The molecule has 0 heterocycles. The Bertz CT molecular complexity index is 463. The number of urea groups is 1. The molecule has 0 aliphatic heterocycles. The van der Waals surface area contributed by atoms with E-state index in [1.54, 1.807) is 24.3 Å². The normalized spacial score (nSPS) is 11.4. The maximum absolute atomic E-state index is 11.8. The smallest absolute Gasteiger partial charge is 0.312 e. The second-order valence-corrected chi connectivity index (χ2v) is 5.14. The molecule has 1 atom stereocenters. The average molecular weight is 315 g/mol. The van der Waals surface area contributed by atoms with E-state index in [9.17, 15) is 9.59 Å². The molecule has 1 aromatic carbocycles. The van der Waals surface area contributed by atoms with Crippen LogP contribution in [0.2, 0.25) is 0 Å². The fourth-order valence-electron chi connectivity index (χ4n) is 1.74. The van der Waals surface area contributed by atoms with E-state index in [2.05, 4.69) is 10.6 Å². The number of halogens is 1. The molecule has 0 aliphatic carbocycles. The summed E-state index contributed by atoms with van der Waals surface area (Å²) >= 11 is 0. The average Bonchev–Trinajstić information content (AvgIpc) is 2.37. The Kier molecular flexibility index (Phi) is 8.42. The second-order valence-electron chi connectivity index (χ2n) is 5.14. The van der Waals surface area contributed by atoms with E-state index >= 15 is 0 Å². The van der Waals surface area contributed by atoms with Gasteiger partial charge in [0, 0.05) is 12.2 Å². The number of primary amides is 1. The summed E-state index contributed by atoms with van der Waals surface area (Å²) in [5.41, 5.74) is 12.4. The molecule has 118 valence electrons. The number of nitrogens with two attached hydrogens (primary N) is 2. The maximum atomic E-state index is 11.8. The monoisotopic (exact) mass is 314 g/mol. The summed E-state index contributed by atoms with van der Waals surface area (Å²) < 4.78 is 0. The third-order valence-corrected chi connectivity index (χ3v) is 2.75. The van der Waals surface area contributed by atoms with Crippen molar-refractivity contribution in [2.45, 2.75) is 32.9 Å². The summed E-state index contributed by atoms with van der Waals surface area (Å²) in [5, 5.41) is 5.26. The van der Waals surface area contributed by atoms with Crippen LogP contribution in [0.4, 0.5) is 10.5 Å². The minimum atomic E-state index is -0.568. The van der Waals surface area contributed by atoms with E-state index in [-0.39, 0.29) is 18.3 Å². The minimum Gasteiger partial charge on any atom is -0.352 e. The van der Waals surface area contributed by atoms with Gasteiger partial charge in [0.05, 0.1) is 6.04 Å². The molecule has 0 bridgehead atoms. The van der Waals surface area contributed by atoms with Gasteiger partial charge in [-0.1, -0.05) is 26.0 Å². The summed E-state index contributed by atoms with van der Waals surface area (Å²) in [5.74, 6) is 0.180. The zero-order valence-corrected chi connectivity index (χ0v) is 13.1. The van der Waals surface area contributed by atoms with Crippen LogP contribution in [-0.2, 0) is 11.3 Å². The van der Waals surface area contributed by atoms with Gasteiger partial charge in [-0.15, -0.1) is 12.4 Å². The van der Waals surface area contributed by atoms with Crippen LogP contribution in [0.3, 0.4) is 0 Å². The molecule has 1 rings (SSSR count). The molecule has 0 radical (unpaired) electrons. The number of amides is 3. The van der Waals surface area contributed by atoms with Gasteiger partial charge < -0.3 is 22.1 Å². The number of nitrogens with one attached hydrogen (secondary N) is 2. The SMILES string of the molecule is CC(C)C[C@H](N)C(=O)Nc1ccc(CNC(N)=O)cc1.Cl. The Morgan fingerprint density at radius 2 is 1.76 bits per heavy atom. The van der Waals surface area contributed by atoms with Crippen molar-refractivity contribution >= 4 is 30.0 Å². The van der Waals surface area contributed by atoms with Crippen LogP contribution < -0.4 is 22.1 Å². The molecule has 0 unspecified atom stereocenters. The Morgan fingerprint density at radius 1 is 1.19 bits per heavy atom. The van der Waals surface area contributed by atoms with Crippen molar-refractivity contribution < 1.29 is 9.59 Å². The second kappa shape index (κ2) is 9.20. The molecule has 1 aromatic rings. The lowest BCUT2D eigenvalue weighted by Crippen LogP contribution is -2.36. The van der Waals surface area contributed by atoms with Gasteiger partial charge in [0.2, 0.25) is 5.91 Å². The van der Waals surface area contributed by atoms with Crippen molar-refractivity contribution in [1.82, 2.24) is 5.32 Å². The fourth-order valence-corrected chi connectivity index (χ4v) is 1.74. The van der Waals surface area contributed by atoms with E-state index in [1.807, 2.05) is 13.8 Å². The van der Waals surface area contributed by atoms with Crippen LogP contribution in [0, 0.1) is 5.92 Å². The van der Waals surface area contributed by atoms with E-state index in [1.165, 1.54) is 0 Å². The highest BCUT2D eigenvalue weighted by Crippen LogP contribution is 2.11. The van der Waals surface area contributed by atoms with E-state index in [0.717, 1.165) is 5.56 Å². The zero-order chi connectivity index (χ0) is 15.1. The summed E-state index contributed by atoms with van der Waals surface area (Å²) in [6.45, 7) is 4.40. The first-order valence-corrected chi connectivity index (χ1v) is 6.57. The van der Waals surface area contributed by atoms with Crippen LogP contribution in [0.5, 0.6) is 0 Å². The molecule has 21 heavy (non-hydrogen) atoms. The highest BCUT2D eigenvalue weighted by molar-refractivity contribution is 5.94. The van der Waals surface area contributed by atoms with E-state index in [0.29, 0.717) is 24.6 Å². The Labute approximate surface area is 131 Å². The van der Waals surface area contributed by atoms with Crippen LogP contribution in [0.1, 0.15) is 25.8 Å². The van der Waals surface area contributed by atoms with E-state index < -0.39 is 12.1 Å². The zero-order valence-electron chi connectivity index (χ0n) is 12.3. The predicted molar refractivity (Wildman–Crippen MR) is 86.2 cm³/mol. The van der Waals surface area contributed by atoms with Gasteiger partial charge in [-0.3, -0.25) is 4.79 Å². The number of hydrogen-bond donors (Lipinski definition) is 4. The third kappa shape index (κ3) is 7.53. The van der Waals surface area contributed by atoms with Gasteiger partial charge in [-0.25, -0.2) is 4.79 Å². The van der Waals surface area contributed by atoms with Crippen LogP contribution in [0.15, 0.2) is 24.3 Å². The van der Waals surface area contributed by atoms with Crippen molar-refractivity contribution in [3.05, 3.63) is 29.8 Å². The van der Waals surface area contributed by atoms with Crippen LogP contribution in [-0.4, -0.2) is 18.0 Å². The van der Waals surface area contributed by atoms with Crippen LogP contribution >= 0.6 is 12.4 Å². The maximum Gasteiger partial charge on any atom is 0.312 e. The molecular weight excluding hydrogens is 292 g/mol. The molecule has 0 fully saturated rings. The Balaban J connectivity index is 0.00000400. The number of anilines is 1. The molecule has 0 aliphatic rings. The highest BCUT2D eigenvalue weighted by atomic mass is 35.5. The molecule has 3 amide bonds. The number of hydrogen-bond acceptors (Lipinski definition) is 3. The minimum absolute atomic E-state index is 0. The van der Waals surface area contributed by atoms with E-state index in [4.69, 9.17) is 11.5 Å². The molecule has 0 spiro atoms. The van der Waals surface area contributed by atoms with Crippen LogP contribution in [0.25, 0.3) is 0 Å². The largest absolute Gasteiger partial charge is 0.352 e. The Hall–Kier alpha value is -1.79.